The minimum Gasteiger partial charge on any atom is -0.491 e. The van der Waals surface area contributed by atoms with Gasteiger partial charge in [-0.2, -0.15) is 0 Å². The van der Waals surface area contributed by atoms with Gasteiger partial charge in [0.25, 0.3) is 5.91 Å². The van der Waals surface area contributed by atoms with Crippen LogP contribution < -0.4 is 15.2 Å². The number of rotatable bonds is 8. The summed E-state index contributed by atoms with van der Waals surface area (Å²) in [6.07, 6.45) is 2.83. The summed E-state index contributed by atoms with van der Waals surface area (Å²) in [6.45, 7) is 1.75. The molecule has 1 heterocycles. The molecule has 0 saturated carbocycles. The van der Waals surface area contributed by atoms with E-state index in [-0.39, 0.29) is 16.9 Å². The SMILES string of the molecule is NS(=O)(=O)c1ccc(CCNC(=O)c2ccc(OC[C@H]3CCCO3)cc2)cc1. The largest absolute Gasteiger partial charge is 0.491 e. The van der Waals surface area contributed by atoms with Crippen LogP contribution in [0.15, 0.2) is 53.4 Å². The Labute approximate surface area is 164 Å². The van der Waals surface area contributed by atoms with E-state index in [1.54, 1.807) is 36.4 Å². The van der Waals surface area contributed by atoms with E-state index in [0.717, 1.165) is 25.0 Å². The van der Waals surface area contributed by atoms with E-state index in [1.807, 2.05) is 0 Å². The molecule has 1 aliphatic heterocycles. The van der Waals surface area contributed by atoms with Gasteiger partial charge in [0, 0.05) is 18.7 Å². The molecule has 7 nitrogen and oxygen atoms in total. The third-order valence-corrected chi connectivity index (χ3v) is 5.46. The maximum absolute atomic E-state index is 12.2. The zero-order valence-electron chi connectivity index (χ0n) is 15.5. The molecule has 0 unspecified atom stereocenters. The van der Waals surface area contributed by atoms with Crippen LogP contribution in [0.3, 0.4) is 0 Å². The van der Waals surface area contributed by atoms with E-state index in [2.05, 4.69) is 5.32 Å². The van der Waals surface area contributed by atoms with Crippen molar-refractivity contribution in [1.82, 2.24) is 5.32 Å². The summed E-state index contributed by atoms with van der Waals surface area (Å²) in [5.41, 5.74) is 1.46. The Hall–Kier alpha value is -2.42. The van der Waals surface area contributed by atoms with Gasteiger partial charge in [-0.1, -0.05) is 12.1 Å². The summed E-state index contributed by atoms with van der Waals surface area (Å²) in [7, 11) is -3.69. The molecule has 8 heteroatoms. The van der Waals surface area contributed by atoms with Crippen LogP contribution in [0, 0.1) is 0 Å². The number of benzene rings is 2. The molecule has 2 aromatic carbocycles. The van der Waals surface area contributed by atoms with Crippen molar-refractivity contribution in [3.8, 4) is 5.75 Å². The summed E-state index contributed by atoms with van der Waals surface area (Å²) in [5.74, 6) is 0.536. The number of hydrogen-bond acceptors (Lipinski definition) is 5. The molecule has 1 aliphatic rings. The van der Waals surface area contributed by atoms with E-state index < -0.39 is 10.0 Å². The van der Waals surface area contributed by atoms with Crippen LogP contribution in [0.2, 0.25) is 0 Å². The third-order valence-electron chi connectivity index (χ3n) is 4.53. The third kappa shape index (κ3) is 5.79. The highest BCUT2D eigenvalue weighted by Gasteiger charge is 2.16. The van der Waals surface area contributed by atoms with Crippen LogP contribution in [0.4, 0.5) is 0 Å². The predicted molar refractivity (Wildman–Crippen MR) is 105 cm³/mol. The highest BCUT2D eigenvalue weighted by atomic mass is 32.2. The second-order valence-electron chi connectivity index (χ2n) is 6.67. The Kier molecular flexibility index (Phi) is 6.66. The van der Waals surface area contributed by atoms with Gasteiger partial charge in [-0.3, -0.25) is 4.79 Å². The van der Waals surface area contributed by atoms with Crippen LogP contribution in [0.25, 0.3) is 0 Å². The maximum Gasteiger partial charge on any atom is 0.251 e. The lowest BCUT2D eigenvalue weighted by molar-refractivity contribution is 0.0679. The summed E-state index contributed by atoms with van der Waals surface area (Å²) in [4.78, 5) is 12.3. The van der Waals surface area contributed by atoms with Gasteiger partial charge in [-0.05, 0) is 61.2 Å². The number of ether oxygens (including phenoxy) is 2. The van der Waals surface area contributed by atoms with Crippen molar-refractivity contribution in [2.45, 2.75) is 30.3 Å². The summed E-state index contributed by atoms with van der Waals surface area (Å²) in [6, 6.07) is 13.3. The van der Waals surface area contributed by atoms with Gasteiger partial charge in [0.15, 0.2) is 0 Å². The second-order valence-corrected chi connectivity index (χ2v) is 8.23. The molecule has 0 aromatic heterocycles. The van der Waals surface area contributed by atoms with Crippen LogP contribution in [-0.2, 0) is 21.2 Å². The van der Waals surface area contributed by atoms with Crippen molar-refractivity contribution in [3.05, 3.63) is 59.7 Å². The Morgan fingerprint density at radius 2 is 1.86 bits per heavy atom. The summed E-state index contributed by atoms with van der Waals surface area (Å²) < 4.78 is 33.7. The second kappa shape index (κ2) is 9.18. The molecular formula is C20H24N2O5S. The first-order chi connectivity index (χ1) is 13.4. The number of amides is 1. The van der Waals surface area contributed by atoms with E-state index in [4.69, 9.17) is 14.6 Å². The zero-order valence-corrected chi connectivity index (χ0v) is 16.3. The standard InChI is InChI=1S/C20H24N2O5S/c21-28(24,25)19-9-3-15(4-10-19)11-12-22-20(23)16-5-7-17(8-6-16)27-14-18-2-1-13-26-18/h3-10,18H,1-2,11-14H2,(H,22,23)(H2,21,24,25)/t18-/m1/s1. The van der Waals surface area contributed by atoms with Crippen molar-refractivity contribution in [2.24, 2.45) is 5.14 Å². The van der Waals surface area contributed by atoms with Gasteiger partial charge in [0.2, 0.25) is 10.0 Å². The number of nitrogens with one attached hydrogen (secondary N) is 1. The zero-order chi connectivity index (χ0) is 20.0. The van der Waals surface area contributed by atoms with Gasteiger partial charge in [0.1, 0.15) is 12.4 Å². The van der Waals surface area contributed by atoms with Crippen LogP contribution in [-0.4, -0.2) is 40.2 Å². The van der Waals surface area contributed by atoms with Crippen molar-refractivity contribution in [2.75, 3.05) is 19.8 Å². The molecule has 3 N–H and O–H groups in total. The maximum atomic E-state index is 12.2. The molecule has 1 saturated heterocycles. The highest BCUT2D eigenvalue weighted by molar-refractivity contribution is 7.89. The van der Waals surface area contributed by atoms with E-state index in [9.17, 15) is 13.2 Å². The topological polar surface area (TPSA) is 108 Å². The minimum atomic E-state index is -3.69. The van der Waals surface area contributed by atoms with Crippen molar-refractivity contribution >= 4 is 15.9 Å². The fraction of sp³-hybridized carbons (Fsp3) is 0.350. The quantitative estimate of drug-likeness (QED) is 0.698. The minimum absolute atomic E-state index is 0.0714. The first kappa shape index (κ1) is 20.3. The number of carbonyl (C=O) groups is 1. The lowest BCUT2D eigenvalue weighted by Crippen LogP contribution is -2.25. The van der Waals surface area contributed by atoms with Crippen molar-refractivity contribution in [3.63, 3.8) is 0 Å². The smallest absolute Gasteiger partial charge is 0.251 e. The van der Waals surface area contributed by atoms with E-state index in [1.165, 1.54) is 12.1 Å². The van der Waals surface area contributed by atoms with Crippen LogP contribution in [0.5, 0.6) is 5.75 Å². The van der Waals surface area contributed by atoms with Gasteiger partial charge in [-0.15, -0.1) is 0 Å². The molecule has 1 atom stereocenters. The van der Waals surface area contributed by atoms with E-state index in [0.29, 0.717) is 30.9 Å². The molecule has 0 aliphatic carbocycles. The predicted octanol–water partition coefficient (Wildman–Crippen LogP) is 1.86. The van der Waals surface area contributed by atoms with Crippen LogP contribution >= 0.6 is 0 Å². The van der Waals surface area contributed by atoms with Gasteiger partial charge < -0.3 is 14.8 Å². The molecular weight excluding hydrogens is 380 g/mol. The molecule has 1 amide bonds. The summed E-state index contributed by atoms with van der Waals surface area (Å²) >= 11 is 0. The number of nitrogens with two attached hydrogens (primary N) is 1. The normalized spacial score (nSPS) is 16.7. The Bertz CT molecular complexity index is 889. The first-order valence-electron chi connectivity index (χ1n) is 9.16. The summed E-state index contributed by atoms with van der Waals surface area (Å²) in [5, 5.41) is 7.92. The van der Waals surface area contributed by atoms with Gasteiger partial charge >= 0.3 is 0 Å². The molecule has 0 radical (unpaired) electrons. The number of primary sulfonamides is 1. The van der Waals surface area contributed by atoms with Crippen molar-refractivity contribution < 1.29 is 22.7 Å². The van der Waals surface area contributed by atoms with E-state index >= 15 is 0 Å². The van der Waals surface area contributed by atoms with Crippen LogP contribution in [0.1, 0.15) is 28.8 Å². The average molecular weight is 404 g/mol. The highest BCUT2D eigenvalue weighted by Crippen LogP contribution is 2.16. The fourth-order valence-corrected chi connectivity index (χ4v) is 3.45. The van der Waals surface area contributed by atoms with Gasteiger partial charge in [-0.25, -0.2) is 13.6 Å². The lowest BCUT2D eigenvalue weighted by Gasteiger charge is -2.12. The Morgan fingerprint density at radius 3 is 2.46 bits per heavy atom. The number of sulfonamides is 1. The molecule has 0 bridgehead atoms. The molecule has 0 spiro atoms. The number of carbonyl (C=O) groups excluding carboxylic acids is 1. The molecule has 3 rings (SSSR count). The molecule has 2 aromatic rings. The average Bonchev–Trinajstić information content (AvgIpc) is 3.20. The molecule has 1 fully saturated rings. The fourth-order valence-electron chi connectivity index (χ4n) is 2.94. The Morgan fingerprint density at radius 1 is 1.14 bits per heavy atom. The molecule has 150 valence electrons. The monoisotopic (exact) mass is 404 g/mol. The van der Waals surface area contributed by atoms with Gasteiger partial charge in [0.05, 0.1) is 11.0 Å². The first-order valence-corrected chi connectivity index (χ1v) is 10.7. The Balaban J connectivity index is 1.44. The lowest BCUT2D eigenvalue weighted by atomic mass is 10.1. The van der Waals surface area contributed by atoms with Crippen molar-refractivity contribution in [1.29, 1.82) is 0 Å². The number of hydrogen-bond donors (Lipinski definition) is 2. The molecule has 28 heavy (non-hydrogen) atoms.